The highest BCUT2D eigenvalue weighted by Gasteiger charge is 2.45. The van der Waals surface area contributed by atoms with E-state index in [2.05, 4.69) is 10.6 Å². The van der Waals surface area contributed by atoms with Crippen LogP contribution in [0.5, 0.6) is 0 Å². The van der Waals surface area contributed by atoms with Crippen LogP contribution in [0.15, 0.2) is 30.0 Å². The summed E-state index contributed by atoms with van der Waals surface area (Å²) in [7, 11) is 0. The van der Waals surface area contributed by atoms with Crippen molar-refractivity contribution in [3.8, 4) is 0 Å². The molecule has 2 atom stereocenters. The zero-order valence-corrected chi connectivity index (χ0v) is 15.4. The summed E-state index contributed by atoms with van der Waals surface area (Å²) in [4.78, 5) is 37.4. The molecule has 1 aromatic rings. The average Bonchev–Trinajstić information content (AvgIpc) is 2.43. The zero-order valence-electron chi connectivity index (χ0n) is 13.9. The van der Waals surface area contributed by atoms with E-state index in [1.165, 1.54) is 0 Å². The van der Waals surface area contributed by atoms with Crippen LogP contribution < -0.4 is 10.6 Å². The van der Waals surface area contributed by atoms with Crippen LogP contribution in [0.2, 0.25) is 10.0 Å². The summed E-state index contributed by atoms with van der Waals surface area (Å²) in [6, 6.07) is 4.69. The number of ketones is 1. The van der Waals surface area contributed by atoms with E-state index in [1.54, 1.807) is 18.2 Å². The molecule has 0 aromatic heterocycles. The Labute approximate surface area is 155 Å². The van der Waals surface area contributed by atoms with Gasteiger partial charge in [-0.25, -0.2) is 0 Å². The van der Waals surface area contributed by atoms with E-state index in [9.17, 15) is 14.4 Å². The van der Waals surface area contributed by atoms with Gasteiger partial charge in [0.05, 0.1) is 11.8 Å². The third-order valence-corrected chi connectivity index (χ3v) is 4.85. The van der Waals surface area contributed by atoms with Crippen LogP contribution in [0.25, 0.3) is 0 Å². The van der Waals surface area contributed by atoms with Gasteiger partial charge < -0.3 is 10.6 Å². The second-order valence-corrected chi connectivity index (χ2v) is 8.09. The molecule has 5 nitrogen and oxygen atoms in total. The minimum atomic E-state index is -0.749. The number of allylic oxidation sites excluding steroid dienone is 2. The summed E-state index contributed by atoms with van der Waals surface area (Å²) in [6.07, 6.45) is 2.19. The SMILES string of the molecule is CC1(C)C=C2NC(=O)C[C@@H](C(=O)Nc3cc(Cl)cc(Cl)c3)[C@H]2C(=O)C1. The quantitative estimate of drug-likeness (QED) is 0.823. The van der Waals surface area contributed by atoms with Gasteiger partial charge in [-0.05, 0) is 23.6 Å². The van der Waals surface area contributed by atoms with E-state index in [0.717, 1.165) is 0 Å². The lowest BCUT2D eigenvalue weighted by molar-refractivity contribution is -0.136. The smallest absolute Gasteiger partial charge is 0.229 e. The Hall–Kier alpha value is -1.85. The van der Waals surface area contributed by atoms with Gasteiger partial charge in [0.2, 0.25) is 11.8 Å². The molecule has 1 aliphatic heterocycles. The van der Waals surface area contributed by atoms with Crippen LogP contribution in [-0.2, 0) is 14.4 Å². The molecule has 132 valence electrons. The molecule has 1 aliphatic carbocycles. The summed E-state index contributed by atoms with van der Waals surface area (Å²) in [5.74, 6) is -2.07. The van der Waals surface area contributed by atoms with E-state index >= 15 is 0 Å². The monoisotopic (exact) mass is 380 g/mol. The Kier molecular flexibility index (Phi) is 4.64. The highest BCUT2D eigenvalue weighted by Crippen LogP contribution is 2.40. The fourth-order valence-corrected chi connectivity index (χ4v) is 4.01. The van der Waals surface area contributed by atoms with Gasteiger partial charge >= 0.3 is 0 Å². The van der Waals surface area contributed by atoms with Crippen LogP contribution in [0.1, 0.15) is 26.7 Å². The summed E-state index contributed by atoms with van der Waals surface area (Å²) >= 11 is 11.9. The number of nitrogens with one attached hydrogen (secondary N) is 2. The van der Waals surface area contributed by atoms with E-state index < -0.39 is 17.7 Å². The van der Waals surface area contributed by atoms with Crippen molar-refractivity contribution in [2.75, 3.05) is 5.32 Å². The van der Waals surface area contributed by atoms with E-state index in [4.69, 9.17) is 23.2 Å². The maximum Gasteiger partial charge on any atom is 0.229 e. The molecule has 0 saturated carbocycles. The molecule has 2 N–H and O–H groups in total. The molecule has 3 rings (SSSR count). The van der Waals surface area contributed by atoms with Crippen LogP contribution in [0.3, 0.4) is 0 Å². The number of benzene rings is 1. The first-order valence-electron chi connectivity index (χ1n) is 7.97. The van der Waals surface area contributed by atoms with Crippen molar-refractivity contribution >= 4 is 46.5 Å². The highest BCUT2D eigenvalue weighted by molar-refractivity contribution is 6.35. The van der Waals surface area contributed by atoms with Crippen LogP contribution in [0.4, 0.5) is 5.69 Å². The van der Waals surface area contributed by atoms with Crippen molar-refractivity contribution < 1.29 is 14.4 Å². The number of amides is 2. The standard InChI is InChI=1S/C18H18Cl2N2O3/c1-18(2)7-13-16(14(23)8-18)12(6-15(24)22-13)17(25)21-11-4-9(19)3-10(20)5-11/h3-5,7,12,16H,6,8H2,1-2H3,(H,21,25)(H,22,24)/t12-,16-/m1/s1. The molecule has 0 radical (unpaired) electrons. The van der Waals surface area contributed by atoms with Gasteiger partial charge in [-0.2, -0.15) is 0 Å². The largest absolute Gasteiger partial charge is 0.329 e. The Morgan fingerprint density at radius 3 is 2.48 bits per heavy atom. The number of Topliss-reactive ketones (excluding diaryl/α,β-unsaturated/α-hetero) is 1. The third kappa shape index (κ3) is 3.88. The summed E-state index contributed by atoms with van der Waals surface area (Å²) in [5, 5.41) is 6.25. The number of anilines is 1. The number of halogens is 2. The highest BCUT2D eigenvalue weighted by atomic mass is 35.5. The third-order valence-electron chi connectivity index (χ3n) is 4.42. The Morgan fingerprint density at radius 1 is 1.20 bits per heavy atom. The maximum atomic E-state index is 12.7. The van der Waals surface area contributed by atoms with Crippen LogP contribution >= 0.6 is 23.2 Å². The second-order valence-electron chi connectivity index (χ2n) is 7.22. The van der Waals surface area contributed by atoms with Gasteiger partial charge in [-0.1, -0.05) is 43.1 Å². The number of rotatable bonds is 2. The van der Waals surface area contributed by atoms with Gasteiger partial charge in [0.1, 0.15) is 5.78 Å². The lowest BCUT2D eigenvalue weighted by atomic mass is 9.69. The molecule has 1 aromatic carbocycles. The Bertz CT molecular complexity index is 781. The lowest BCUT2D eigenvalue weighted by Gasteiger charge is -2.38. The minimum Gasteiger partial charge on any atom is -0.329 e. The van der Waals surface area contributed by atoms with E-state index in [0.29, 0.717) is 27.9 Å². The predicted molar refractivity (Wildman–Crippen MR) is 96.3 cm³/mol. The topological polar surface area (TPSA) is 75.3 Å². The molecule has 1 fully saturated rings. The maximum absolute atomic E-state index is 12.7. The lowest BCUT2D eigenvalue weighted by Crippen LogP contribution is -2.49. The molecule has 25 heavy (non-hydrogen) atoms. The fourth-order valence-electron chi connectivity index (χ4n) is 3.48. The van der Waals surface area contributed by atoms with Crippen molar-refractivity contribution in [1.29, 1.82) is 0 Å². The van der Waals surface area contributed by atoms with E-state index in [1.807, 2.05) is 19.9 Å². The average molecular weight is 381 g/mol. The van der Waals surface area contributed by atoms with Gasteiger partial charge in [-0.3, -0.25) is 14.4 Å². The van der Waals surface area contributed by atoms with Crippen LogP contribution in [-0.4, -0.2) is 17.6 Å². The van der Waals surface area contributed by atoms with Gasteiger partial charge in [-0.15, -0.1) is 0 Å². The van der Waals surface area contributed by atoms with Crippen molar-refractivity contribution in [2.24, 2.45) is 17.3 Å². The normalized spacial score (nSPS) is 24.9. The van der Waals surface area contributed by atoms with Crippen molar-refractivity contribution in [3.05, 3.63) is 40.0 Å². The molecule has 1 heterocycles. The fraction of sp³-hybridized carbons (Fsp3) is 0.389. The van der Waals surface area contributed by atoms with Gasteiger partial charge in [0.15, 0.2) is 0 Å². The molecule has 2 aliphatic rings. The first-order chi connectivity index (χ1) is 11.6. The molecule has 1 saturated heterocycles. The first-order valence-corrected chi connectivity index (χ1v) is 8.72. The minimum absolute atomic E-state index is 0.0334. The summed E-state index contributed by atoms with van der Waals surface area (Å²) < 4.78 is 0. The van der Waals surface area contributed by atoms with Crippen molar-refractivity contribution in [2.45, 2.75) is 26.7 Å². The molecule has 0 bridgehead atoms. The number of hydrogen-bond acceptors (Lipinski definition) is 3. The number of carbonyl (C=O) groups excluding carboxylic acids is 3. The van der Waals surface area contributed by atoms with Gasteiger partial charge in [0, 0.05) is 34.3 Å². The first kappa shape index (κ1) is 18.0. The molecular formula is C18H18Cl2N2O3. The Morgan fingerprint density at radius 2 is 1.84 bits per heavy atom. The predicted octanol–water partition coefficient (Wildman–Crippen LogP) is 3.57. The second kappa shape index (κ2) is 6.46. The summed E-state index contributed by atoms with van der Waals surface area (Å²) in [5.41, 5.74) is 0.624. The van der Waals surface area contributed by atoms with E-state index in [-0.39, 0.29) is 23.5 Å². The number of carbonyl (C=O) groups is 3. The molecular weight excluding hydrogens is 363 g/mol. The summed E-state index contributed by atoms with van der Waals surface area (Å²) in [6.45, 7) is 3.86. The van der Waals surface area contributed by atoms with Crippen LogP contribution in [0, 0.1) is 17.3 Å². The van der Waals surface area contributed by atoms with Crippen molar-refractivity contribution in [3.63, 3.8) is 0 Å². The number of hydrogen-bond donors (Lipinski definition) is 2. The van der Waals surface area contributed by atoms with Crippen molar-refractivity contribution in [1.82, 2.24) is 5.32 Å². The zero-order chi connectivity index (χ0) is 18.4. The number of piperidine rings is 1. The molecule has 0 spiro atoms. The molecule has 2 amide bonds. The molecule has 0 unspecified atom stereocenters. The number of fused-ring (bicyclic) bond motifs is 1. The van der Waals surface area contributed by atoms with Gasteiger partial charge in [0.25, 0.3) is 0 Å². The molecule has 7 heteroatoms. The Balaban J connectivity index is 1.88.